The lowest BCUT2D eigenvalue weighted by atomic mass is 10.2. The third kappa shape index (κ3) is 5.23. The SMILES string of the molecule is C[C@@H](CN1C=NC(=Nc2ccc(O)cc2)N(Cc2ccc(Cl)cc2)C1)C(=O)O. The minimum Gasteiger partial charge on any atom is -0.508 e. The fraction of sp³-hybridized carbons (Fsp3) is 0.250. The number of aliphatic imine (C=N–C) groups is 2. The fourth-order valence-electron chi connectivity index (χ4n) is 2.74. The first-order valence-electron chi connectivity index (χ1n) is 8.79. The van der Waals surface area contributed by atoms with E-state index in [2.05, 4.69) is 9.98 Å². The van der Waals surface area contributed by atoms with Gasteiger partial charge in [-0.1, -0.05) is 30.7 Å². The van der Waals surface area contributed by atoms with Gasteiger partial charge in [0, 0.05) is 18.1 Å². The molecule has 3 rings (SSSR count). The Kier molecular flexibility index (Phi) is 6.16. The number of hydrogen-bond donors (Lipinski definition) is 2. The van der Waals surface area contributed by atoms with Crippen molar-refractivity contribution in [3.8, 4) is 5.75 Å². The number of phenols is 1. The Morgan fingerprint density at radius 1 is 1.21 bits per heavy atom. The van der Waals surface area contributed by atoms with Gasteiger partial charge in [-0.2, -0.15) is 0 Å². The van der Waals surface area contributed by atoms with E-state index in [1.54, 1.807) is 37.5 Å². The lowest BCUT2D eigenvalue weighted by Crippen LogP contribution is -2.46. The summed E-state index contributed by atoms with van der Waals surface area (Å²) >= 11 is 5.97. The molecular weight excluding hydrogens is 380 g/mol. The number of rotatable bonds is 6. The largest absolute Gasteiger partial charge is 0.508 e. The molecule has 7 nitrogen and oxygen atoms in total. The van der Waals surface area contributed by atoms with Gasteiger partial charge in [-0.15, -0.1) is 0 Å². The fourth-order valence-corrected chi connectivity index (χ4v) is 2.87. The summed E-state index contributed by atoms with van der Waals surface area (Å²) in [5.41, 5.74) is 1.70. The van der Waals surface area contributed by atoms with Crippen LogP contribution in [0.4, 0.5) is 5.69 Å². The van der Waals surface area contributed by atoms with Crippen LogP contribution in [0.2, 0.25) is 5.02 Å². The van der Waals surface area contributed by atoms with E-state index in [-0.39, 0.29) is 5.75 Å². The molecule has 1 aliphatic rings. The van der Waals surface area contributed by atoms with Crippen molar-refractivity contribution in [1.82, 2.24) is 9.80 Å². The number of hydrogen-bond acceptors (Lipinski definition) is 4. The zero-order chi connectivity index (χ0) is 20.1. The average molecular weight is 401 g/mol. The van der Waals surface area contributed by atoms with Crippen molar-refractivity contribution in [2.24, 2.45) is 15.9 Å². The highest BCUT2D eigenvalue weighted by atomic mass is 35.5. The average Bonchev–Trinajstić information content (AvgIpc) is 2.67. The summed E-state index contributed by atoms with van der Waals surface area (Å²) in [7, 11) is 0. The standard InChI is InChI=1S/C20H21ClN4O3/c1-14(19(27)28)10-24-12-22-20(23-17-6-8-18(26)9-7-17)25(13-24)11-15-2-4-16(21)5-3-15/h2-9,12,14,26H,10-11,13H2,1H3,(H,27,28)/t14-/m0/s1. The van der Waals surface area contributed by atoms with E-state index < -0.39 is 11.9 Å². The second kappa shape index (κ2) is 8.75. The first-order chi connectivity index (χ1) is 13.4. The second-order valence-corrected chi connectivity index (χ2v) is 7.09. The van der Waals surface area contributed by atoms with E-state index in [9.17, 15) is 9.90 Å². The number of carboxylic acid groups (broad SMARTS) is 1. The van der Waals surface area contributed by atoms with Gasteiger partial charge in [-0.05, 0) is 42.0 Å². The number of nitrogens with zero attached hydrogens (tertiary/aromatic N) is 4. The van der Waals surface area contributed by atoms with Crippen LogP contribution in [0.15, 0.2) is 58.5 Å². The van der Waals surface area contributed by atoms with Crippen LogP contribution in [0.25, 0.3) is 0 Å². The Bertz CT molecular complexity index is 881. The van der Waals surface area contributed by atoms with Crippen molar-refractivity contribution in [3.05, 3.63) is 59.1 Å². The third-order valence-electron chi connectivity index (χ3n) is 4.27. The van der Waals surface area contributed by atoms with Gasteiger partial charge in [-0.25, -0.2) is 9.98 Å². The molecule has 0 spiro atoms. The molecule has 0 bridgehead atoms. The number of aliphatic carboxylic acids is 1. The summed E-state index contributed by atoms with van der Waals surface area (Å²) in [6, 6.07) is 14.1. The zero-order valence-electron chi connectivity index (χ0n) is 15.4. The van der Waals surface area contributed by atoms with Gasteiger partial charge in [-0.3, -0.25) is 4.79 Å². The van der Waals surface area contributed by atoms with E-state index in [0.29, 0.717) is 36.4 Å². The molecule has 1 aliphatic heterocycles. The highest BCUT2D eigenvalue weighted by molar-refractivity contribution is 6.30. The molecule has 0 aromatic heterocycles. The Labute approximate surface area is 168 Å². The molecule has 146 valence electrons. The van der Waals surface area contributed by atoms with Gasteiger partial charge in [0.2, 0.25) is 5.96 Å². The predicted octanol–water partition coefficient (Wildman–Crippen LogP) is 3.56. The summed E-state index contributed by atoms with van der Waals surface area (Å²) in [6.07, 6.45) is 1.62. The minimum atomic E-state index is -0.846. The third-order valence-corrected chi connectivity index (χ3v) is 4.52. The first-order valence-corrected chi connectivity index (χ1v) is 9.16. The molecule has 2 N–H and O–H groups in total. The number of carbonyl (C=O) groups is 1. The van der Waals surface area contributed by atoms with Gasteiger partial charge >= 0.3 is 5.97 Å². The normalized spacial score (nSPS) is 16.4. The molecule has 0 saturated heterocycles. The number of benzene rings is 2. The molecule has 8 heteroatoms. The van der Waals surface area contributed by atoms with Crippen LogP contribution in [0, 0.1) is 5.92 Å². The topological polar surface area (TPSA) is 88.7 Å². The number of halogens is 1. The van der Waals surface area contributed by atoms with E-state index in [0.717, 1.165) is 5.56 Å². The number of phenolic OH excluding ortho intramolecular Hbond substituents is 1. The minimum absolute atomic E-state index is 0.169. The highest BCUT2D eigenvalue weighted by Gasteiger charge is 2.22. The number of carboxylic acids is 1. The van der Waals surface area contributed by atoms with Crippen LogP contribution in [0.5, 0.6) is 5.75 Å². The molecule has 0 fully saturated rings. The Balaban J connectivity index is 1.84. The van der Waals surface area contributed by atoms with Gasteiger partial charge < -0.3 is 20.0 Å². The van der Waals surface area contributed by atoms with Crippen LogP contribution < -0.4 is 0 Å². The summed E-state index contributed by atoms with van der Waals surface area (Å²) in [6.45, 7) is 3.02. The van der Waals surface area contributed by atoms with E-state index in [4.69, 9.17) is 16.7 Å². The lowest BCUT2D eigenvalue weighted by molar-refractivity contribution is -0.141. The quantitative estimate of drug-likeness (QED) is 0.774. The van der Waals surface area contributed by atoms with Crippen molar-refractivity contribution in [1.29, 1.82) is 0 Å². The molecular formula is C20H21ClN4O3. The van der Waals surface area contributed by atoms with Crippen molar-refractivity contribution in [2.45, 2.75) is 13.5 Å². The van der Waals surface area contributed by atoms with Gasteiger partial charge in [0.05, 0.1) is 24.6 Å². The van der Waals surface area contributed by atoms with E-state index in [1.807, 2.05) is 34.1 Å². The second-order valence-electron chi connectivity index (χ2n) is 6.65. The predicted molar refractivity (Wildman–Crippen MR) is 109 cm³/mol. The van der Waals surface area contributed by atoms with Gasteiger partial charge in [0.1, 0.15) is 5.75 Å². The highest BCUT2D eigenvalue weighted by Crippen LogP contribution is 2.20. The van der Waals surface area contributed by atoms with Crippen LogP contribution in [0.3, 0.4) is 0 Å². The van der Waals surface area contributed by atoms with Gasteiger partial charge in [0.25, 0.3) is 0 Å². The van der Waals surface area contributed by atoms with Crippen LogP contribution in [-0.2, 0) is 11.3 Å². The number of guanidine groups is 1. The summed E-state index contributed by atoms with van der Waals surface area (Å²) in [5, 5.41) is 19.3. The molecule has 1 atom stereocenters. The monoisotopic (exact) mass is 400 g/mol. The molecule has 2 aromatic rings. The lowest BCUT2D eigenvalue weighted by Gasteiger charge is -2.34. The van der Waals surface area contributed by atoms with E-state index in [1.165, 1.54) is 0 Å². The molecule has 0 amide bonds. The molecule has 0 saturated carbocycles. The smallest absolute Gasteiger partial charge is 0.308 e. The molecule has 0 radical (unpaired) electrons. The van der Waals surface area contributed by atoms with Crippen molar-refractivity contribution < 1.29 is 15.0 Å². The zero-order valence-corrected chi connectivity index (χ0v) is 16.1. The van der Waals surface area contributed by atoms with Crippen LogP contribution in [0.1, 0.15) is 12.5 Å². The Hall–Kier alpha value is -3.06. The van der Waals surface area contributed by atoms with Crippen molar-refractivity contribution in [3.63, 3.8) is 0 Å². The molecule has 0 unspecified atom stereocenters. The Morgan fingerprint density at radius 3 is 2.54 bits per heavy atom. The van der Waals surface area contributed by atoms with E-state index >= 15 is 0 Å². The maximum Gasteiger partial charge on any atom is 0.308 e. The first kappa shape index (κ1) is 19.7. The molecule has 2 aromatic carbocycles. The molecule has 0 aliphatic carbocycles. The Morgan fingerprint density at radius 2 is 1.89 bits per heavy atom. The van der Waals surface area contributed by atoms with Crippen LogP contribution in [-0.4, -0.2) is 51.5 Å². The maximum absolute atomic E-state index is 11.2. The molecule has 1 heterocycles. The summed E-state index contributed by atoms with van der Waals surface area (Å²) < 4.78 is 0. The summed E-state index contributed by atoms with van der Waals surface area (Å²) in [4.78, 5) is 24.0. The summed E-state index contributed by atoms with van der Waals surface area (Å²) in [5.74, 6) is -0.677. The maximum atomic E-state index is 11.2. The van der Waals surface area contributed by atoms with Gasteiger partial charge in [0.15, 0.2) is 0 Å². The van der Waals surface area contributed by atoms with Crippen molar-refractivity contribution in [2.75, 3.05) is 13.2 Å². The molecule has 28 heavy (non-hydrogen) atoms. The van der Waals surface area contributed by atoms with Crippen LogP contribution >= 0.6 is 11.6 Å². The number of aromatic hydroxyl groups is 1. The van der Waals surface area contributed by atoms with Crippen molar-refractivity contribution >= 4 is 35.6 Å².